The van der Waals surface area contributed by atoms with Gasteiger partial charge in [-0.3, -0.25) is 4.79 Å². The molecule has 5 nitrogen and oxygen atoms in total. The van der Waals surface area contributed by atoms with Crippen molar-refractivity contribution in [1.29, 1.82) is 0 Å². The smallest absolute Gasteiger partial charge is 0.251 e. The van der Waals surface area contributed by atoms with Gasteiger partial charge < -0.3 is 21.3 Å². The molecule has 0 spiro atoms. The number of amides is 1. The molecule has 94 valence electrons. The molecule has 0 saturated carbocycles. The van der Waals surface area contributed by atoms with Gasteiger partial charge in [0.25, 0.3) is 5.91 Å². The summed E-state index contributed by atoms with van der Waals surface area (Å²) in [5.74, 6) is -0.891. The van der Waals surface area contributed by atoms with Gasteiger partial charge >= 0.3 is 0 Å². The Bertz CT molecular complexity index is 414. The summed E-state index contributed by atoms with van der Waals surface area (Å²) in [6, 6.07) is 3.93. The number of benzene rings is 1. The zero-order valence-electron chi connectivity index (χ0n) is 10.0. The maximum absolute atomic E-state index is 11.9. The fourth-order valence-corrected chi connectivity index (χ4v) is 1.29. The molecule has 0 aromatic heterocycles. The first-order chi connectivity index (χ1) is 7.91. The van der Waals surface area contributed by atoms with Crippen LogP contribution in [0.4, 0.5) is 0 Å². The highest BCUT2D eigenvalue weighted by Gasteiger charge is 2.23. The molecule has 0 fully saturated rings. The van der Waals surface area contributed by atoms with Crippen LogP contribution in [0.3, 0.4) is 0 Å². The van der Waals surface area contributed by atoms with Crippen LogP contribution >= 0.6 is 0 Å². The summed E-state index contributed by atoms with van der Waals surface area (Å²) in [4.78, 5) is 11.9. The molecule has 0 aliphatic carbocycles. The van der Waals surface area contributed by atoms with E-state index in [1.807, 2.05) is 13.8 Å². The van der Waals surface area contributed by atoms with Crippen molar-refractivity contribution in [2.24, 2.45) is 5.73 Å². The van der Waals surface area contributed by atoms with E-state index in [4.69, 9.17) is 10.8 Å². The Labute approximate surface area is 100 Å². The topological polar surface area (TPSA) is 95.6 Å². The summed E-state index contributed by atoms with van der Waals surface area (Å²) in [5, 5.41) is 21.3. The average molecular weight is 238 g/mol. The van der Waals surface area contributed by atoms with Crippen molar-refractivity contribution in [2.75, 3.05) is 6.54 Å². The molecule has 1 rings (SSSR count). The number of nitrogens with two attached hydrogens (primary N) is 1. The molecule has 1 aromatic carbocycles. The number of hydrogen-bond donors (Lipinski definition) is 4. The van der Waals surface area contributed by atoms with Crippen molar-refractivity contribution in [3.63, 3.8) is 0 Å². The molecule has 0 aliphatic heterocycles. The highest BCUT2D eigenvalue weighted by atomic mass is 16.3. The van der Waals surface area contributed by atoms with Crippen LogP contribution in [0, 0.1) is 0 Å². The molecule has 0 bridgehead atoms. The minimum absolute atomic E-state index is 0.251. The number of phenols is 2. The summed E-state index contributed by atoms with van der Waals surface area (Å²) in [6.07, 6.45) is 0.708. The van der Waals surface area contributed by atoms with E-state index < -0.39 is 5.54 Å². The number of aromatic hydroxyl groups is 2. The molecule has 1 aromatic rings. The van der Waals surface area contributed by atoms with Crippen molar-refractivity contribution in [1.82, 2.24) is 5.32 Å². The van der Waals surface area contributed by atoms with Crippen molar-refractivity contribution in [3.05, 3.63) is 23.8 Å². The summed E-state index contributed by atoms with van der Waals surface area (Å²) in [7, 11) is 0. The lowest BCUT2D eigenvalue weighted by molar-refractivity contribution is 0.0906. The lowest BCUT2D eigenvalue weighted by Crippen LogP contribution is -2.50. The second-order valence-electron chi connectivity index (χ2n) is 4.28. The Morgan fingerprint density at radius 1 is 1.41 bits per heavy atom. The van der Waals surface area contributed by atoms with Gasteiger partial charge in [0.05, 0.1) is 0 Å². The molecule has 5 heteroatoms. The van der Waals surface area contributed by atoms with E-state index in [0.29, 0.717) is 13.0 Å². The number of rotatable bonds is 4. The highest BCUT2D eigenvalue weighted by Crippen LogP contribution is 2.25. The van der Waals surface area contributed by atoms with Crippen LogP contribution in [0.2, 0.25) is 0 Å². The SMILES string of the molecule is CCC(C)(CN)NC(=O)c1ccc(O)c(O)c1. The van der Waals surface area contributed by atoms with E-state index in [1.165, 1.54) is 18.2 Å². The maximum Gasteiger partial charge on any atom is 0.251 e. The zero-order chi connectivity index (χ0) is 13.1. The second-order valence-corrected chi connectivity index (χ2v) is 4.28. The first kappa shape index (κ1) is 13.3. The van der Waals surface area contributed by atoms with E-state index >= 15 is 0 Å². The van der Waals surface area contributed by atoms with E-state index in [9.17, 15) is 9.90 Å². The van der Waals surface area contributed by atoms with Gasteiger partial charge in [-0.1, -0.05) is 6.92 Å². The molecule has 1 unspecified atom stereocenters. The molecule has 1 amide bonds. The van der Waals surface area contributed by atoms with Crippen LogP contribution in [0.1, 0.15) is 30.6 Å². The van der Waals surface area contributed by atoms with Crippen LogP contribution < -0.4 is 11.1 Å². The molecule has 17 heavy (non-hydrogen) atoms. The van der Waals surface area contributed by atoms with Gasteiger partial charge in [0.2, 0.25) is 0 Å². The zero-order valence-corrected chi connectivity index (χ0v) is 10.0. The Balaban J connectivity index is 2.86. The predicted octanol–water partition coefficient (Wildman–Crippen LogP) is 0.955. The van der Waals surface area contributed by atoms with E-state index in [1.54, 1.807) is 0 Å². The van der Waals surface area contributed by atoms with Gasteiger partial charge in [0.15, 0.2) is 11.5 Å². The first-order valence-electron chi connectivity index (χ1n) is 5.46. The van der Waals surface area contributed by atoms with Crippen molar-refractivity contribution < 1.29 is 15.0 Å². The quantitative estimate of drug-likeness (QED) is 0.587. The number of carbonyl (C=O) groups excluding carboxylic acids is 1. The van der Waals surface area contributed by atoms with Crippen LogP contribution in [-0.2, 0) is 0 Å². The van der Waals surface area contributed by atoms with E-state index in [0.717, 1.165) is 0 Å². The molecule has 0 saturated heterocycles. The monoisotopic (exact) mass is 238 g/mol. The van der Waals surface area contributed by atoms with Crippen LogP contribution in [0.5, 0.6) is 11.5 Å². The number of hydrogen-bond acceptors (Lipinski definition) is 4. The van der Waals surface area contributed by atoms with Crippen molar-refractivity contribution in [2.45, 2.75) is 25.8 Å². The first-order valence-corrected chi connectivity index (χ1v) is 5.46. The van der Waals surface area contributed by atoms with Gasteiger partial charge in [0.1, 0.15) is 0 Å². The van der Waals surface area contributed by atoms with Crippen LogP contribution in [-0.4, -0.2) is 28.2 Å². The van der Waals surface area contributed by atoms with Crippen LogP contribution in [0.25, 0.3) is 0 Å². The van der Waals surface area contributed by atoms with Gasteiger partial charge in [-0.25, -0.2) is 0 Å². The van der Waals surface area contributed by atoms with E-state index in [2.05, 4.69) is 5.32 Å². The predicted molar refractivity (Wildman–Crippen MR) is 65.0 cm³/mol. The molecule has 0 aliphatic rings. The van der Waals surface area contributed by atoms with Gasteiger partial charge in [0, 0.05) is 17.6 Å². The minimum atomic E-state index is -0.468. The van der Waals surface area contributed by atoms with Gasteiger partial charge in [-0.15, -0.1) is 0 Å². The Morgan fingerprint density at radius 2 is 2.06 bits per heavy atom. The third-order valence-electron chi connectivity index (χ3n) is 2.88. The normalized spacial score (nSPS) is 14.1. The lowest BCUT2D eigenvalue weighted by Gasteiger charge is -2.27. The molecule has 1 atom stereocenters. The second kappa shape index (κ2) is 5.05. The van der Waals surface area contributed by atoms with Crippen molar-refractivity contribution >= 4 is 5.91 Å². The summed E-state index contributed by atoms with van der Waals surface area (Å²) < 4.78 is 0. The summed E-state index contributed by atoms with van der Waals surface area (Å²) in [5.41, 5.74) is 5.41. The average Bonchev–Trinajstić information content (AvgIpc) is 2.32. The van der Waals surface area contributed by atoms with Gasteiger partial charge in [-0.2, -0.15) is 0 Å². The number of phenolic OH excluding ortho intramolecular Hbond substituents is 2. The van der Waals surface area contributed by atoms with Crippen molar-refractivity contribution in [3.8, 4) is 11.5 Å². The molecule has 0 radical (unpaired) electrons. The van der Waals surface area contributed by atoms with E-state index in [-0.39, 0.29) is 23.0 Å². The highest BCUT2D eigenvalue weighted by molar-refractivity contribution is 5.95. The third kappa shape index (κ3) is 3.10. The number of carbonyl (C=O) groups is 1. The standard InChI is InChI=1S/C12H18N2O3/c1-3-12(2,7-13)14-11(17)8-4-5-9(15)10(16)6-8/h4-6,15-16H,3,7,13H2,1-2H3,(H,14,17). The molecular weight excluding hydrogens is 220 g/mol. The molecular formula is C12H18N2O3. The summed E-state index contributed by atoms with van der Waals surface area (Å²) >= 11 is 0. The third-order valence-corrected chi connectivity index (χ3v) is 2.88. The van der Waals surface area contributed by atoms with Crippen LogP contribution in [0.15, 0.2) is 18.2 Å². The van der Waals surface area contributed by atoms with Gasteiger partial charge in [-0.05, 0) is 31.5 Å². The summed E-state index contributed by atoms with van der Waals surface area (Å²) in [6.45, 7) is 4.12. The fourth-order valence-electron chi connectivity index (χ4n) is 1.29. The molecule has 5 N–H and O–H groups in total. The fraction of sp³-hybridized carbons (Fsp3) is 0.417. The number of nitrogens with one attached hydrogen (secondary N) is 1. The Hall–Kier alpha value is -1.75. The molecule has 0 heterocycles. The Morgan fingerprint density at radius 3 is 2.53 bits per heavy atom. The Kier molecular flexibility index (Phi) is 3.96. The largest absolute Gasteiger partial charge is 0.504 e. The maximum atomic E-state index is 11.9. The minimum Gasteiger partial charge on any atom is -0.504 e. The lowest BCUT2D eigenvalue weighted by atomic mass is 9.98.